The maximum absolute atomic E-state index is 8.71. The van der Waals surface area contributed by atoms with Crippen LogP contribution in [0.2, 0.25) is 0 Å². The summed E-state index contributed by atoms with van der Waals surface area (Å²) in [4.78, 5) is 0. The van der Waals surface area contributed by atoms with Crippen LogP contribution in [-0.4, -0.2) is 0 Å². The summed E-state index contributed by atoms with van der Waals surface area (Å²) in [5.41, 5.74) is 7.63. The van der Waals surface area contributed by atoms with Crippen LogP contribution in [0, 0.1) is 11.3 Å². The van der Waals surface area contributed by atoms with Crippen molar-refractivity contribution in [3.8, 4) is 6.07 Å². The SMILES string of the molecule is C=CCC[C@H](N)c1cccc(C#N)c1.Cl. The number of allylic oxidation sites excluding steroid dienone is 1. The molecule has 0 bridgehead atoms. The minimum absolute atomic E-state index is 0. The van der Waals surface area contributed by atoms with Crippen LogP contribution in [0.4, 0.5) is 0 Å². The highest BCUT2D eigenvalue weighted by Gasteiger charge is 2.04. The standard InChI is InChI=1S/C12H14N2.ClH/c1-2-3-7-12(14)11-6-4-5-10(8-11)9-13;/h2,4-6,8,12H,1,3,7,14H2;1H/t12-;/m0./s1. The highest BCUT2D eigenvalue weighted by atomic mass is 35.5. The Morgan fingerprint density at radius 1 is 1.53 bits per heavy atom. The van der Waals surface area contributed by atoms with Crippen molar-refractivity contribution in [2.75, 3.05) is 0 Å². The van der Waals surface area contributed by atoms with Gasteiger partial charge in [-0.2, -0.15) is 5.26 Å². The molecule has 2 nitrogen and oxygen atoms in total. The number of nitrogens with zero attached hydrogens (tertiary/aromatic N) is 1. The molecule has 2 N–H and O–H groups in total. The van der Waals surface area contributed by atoms with E-state index >= 15 is 0 Å². The number of nitriles is 1. The van der Waals surface area contributed by atoms with E-state index in [-0.39, 0.29) is 18.4 Å². The van der Waals surface area contributed by atoms with Gasteiger partial charge < -0.3 is 5.73 Å². The third-order valence-electron chi connectivity index (χ3n) is 2.13. The first-order valence-corrected chi connectivity index (χ1v) is 4.64. The van der Waals surface area contributed by atoms with Gasteiger partial charge in [0.1, 0.15) is 0 Å². The van der Waals surface area contributed by atoms with Gasteiger partial charge in [-0.25, -0.2) is 0 Å². The summed E-state index contributed by atoms with van der Waals surface area (Å²) < 4.78 is 0. The molecule has 0 aliphatic carbocycles. The van der Waals surface area contributed by atoms with Gasteiger partial charge in [-0.1, -0.05) is 18.2 Å². The number of rotatable bonds is 4. The van der Waals surface area contributed by atoms with Crippen LogP contribution in [0.1, 0.15) is 30.0 Å². The van der Waals surface area contributed by atoms with Gasteiger partial charge in [0.05, 0.1) is 11.6 Å². The lowest BCUT2D eigenvalue weighted by Gasteiger charge is -2.10. The molecule has 0 aromatic heterocycles. The number of hydrogen-bond donors (Lipinski definition) is 1. The van der Waals surface area contributed by atoms with Crippen molar-refractivity contribution in [1.29, 1.82) is 5.26 Å². The average Bonchev–Trinajstić information content (AvgIpc) is 2.26. The van der Waals surface area contributed by atoms with Crippen LogP contribution in [-0.2, 0) is 0 Å². The zero-order valence-corrected chi connectivity index (χ0v) is 9.33. The average molecular weight is 223 g/mol. The number of halogens is 1. The van der Waals surface area contributed by atoms with Gasteiger partial charge in [-0.3, -0.25) is 0 Å². The van der Waals surface area contributed by atoms with Crippen LogP contribution in [0.15, 0.2) is 36.9 Å². The predicted octanol–water partition coefficient (Wildman–Crippen LogP) is 2.95. The Kier molecular flexibility index (Phi) is 6.44. The number of nitrogens with two attached hydrogens (primary N) is 1. The third kappa shape index (κ3) is 4.16. The Bertz CT molecular complexity index is 355. The van der Waals surface area contributed by atoms with Crippen molar-refractivity contribution < 1.29 is 0 Å². The largest absolute Gasteiger partial charge is 0.324 e. The second kappa shape index (κ2) is 7.05. The molecule has 0 fully saturated rings. The summed E-state index contributed by atoms with van der Waals surface area (Å²) in [6.07, 6.45) is 3.63. The minimum Gasteiger partial charge on any atom is -0.324 e. The Hall–Kier alpha value is -1.30. The topological polar surface area (TPSA) is 49.8 Å². The lowest BCUT2D eigenvalue weighted by Crippen LogP contribution is -2.09. The summed E-state index contributed by atoms with van der Waals surface area (Å²) in [5, 5.41) is 8.71. The van der Waals surface area contributed by atoms with Crippen molar-refractivity contribution in [2.24, 2.45) is 5.73 Å². The van der Waals surface area contributed by atoms with Gasteiger partial charge in [0.2, 0.25) is 0 Å². The van der Waals surface area contributed by atoms with Gasteiger partial charge in [0, 0.05) is 6.04 Å². The van der Waals surface area contributed by atoms with E-state index in [0.29, 0.717) is 5.56 Å². The molecule has 0 saturated carbocycles. The van der Waals surface area contributed by atoms with E-state index in [1.54, 1.807) is 6.07 Å². The number of benzene rings is 1. The molecule has 0 aliphatic heterocycles. The molecule has 0 heterocycles. The van der Waals surface area contributed by atoms with Gasteiger partial charge in [-0.05, 0) is 30.5 Å². The molecule has 0 amide bonds. The minimum atomic E-state index is 0. The van der Waals surface area contributed by atoms with Crippen molar-refractivity contribution in [3.05, 3.63) is 48.0 Å². The van der Waals surface area contributed by atoms with Crippen molar-refractivity contribution in [1.82, 2.24) is 0 Å². The Morgan fingerprint density at radius 2 is 2.27 bits per heavy atom. The van der Waals surface area contributed by atoms with Crippen LogP contribution >= 0.6 is 12.4 Å². The first-order valence-electron chi connectivity index (χ1n) is 4.64. The fourth-order valence-electron chi connectivity index (χ4n) is 1.30. The second-order valence-electron chi connectivity index (χ2n) is 3.21. The fourth-order valence-corrected chi connectivity index (χ4v) is 1.30. The normalized spacial score (nSPS) is 10.9. The quantitative estimate of drug-likeness (QED) is 0.797. The van der Waals surface area contributed by atoms with Crippen molar-refractivity contribution in [3.63, 3.8) is 0 Å². The van der Waals surface area contributed by atoms with E-state index in [1.165, 1.54) is 0 Å². The fraction of sp³-hybridized carbons (Fsp3) is 0.250. The highest BCUT2D eigenvalue weighted by Crippen LogP contribution is 2.16. The van der Waals surface area contributed by atoms with Gasteiger partial charge >= 0.3 is 0 Å². The summed E-state index contributed by atoms with van der Waals surface area (Å²) >= 11 is 0. The van der Waals surface area contributed by atoms with Crippen LogP contribution in [0.25, 0.3) is 0 Å². The molecule has 1 aromatic rings. The van der Waals surface area contributed by atoms with E-state index in [4.69, 9.17) is 11.0 Å². The molecule has 0 radical (unpaired) electrons. The van der Waals surface area contributed by atoms with Crippen LogP contribution < -0.4 is 5.73 Å². The van der Waals surface area contributed by atoms with E-state index < -0.39 is 0 Å². The van der Waals surface area contributed by atoms with Gasteiger partial charge in [-0.15, -0.1) is 19.0 Å². The zero-order chi connectivity index (χ0) is 10.4. The molecular formula is C12H15ClN2. The maximum Gasteiger partial charge on any atom is 0.0991 e. The second-order valence-corrected chi connectivity index (χ2v) is 3.21. The lowest BCUT2D eigenvalue weighted by atomic mass is 10.0. The molecule has 80 valence electrons. The van der Waals surface area contributed by atoms with E-state index in [0.717, 1.165) is 18.4 Å². The van der Waals surface area contributed by atoms with E-state index in [2.05, 4.69) is 12.6 Å². The van der Waals surface area contributed by atoms with Gasteiger partial charge in [0.25, 0.3) is 0 Å². The Labute approximate surface area is 96.8 Å². The summed E-state index contributed by atoms with van der Waals surface area (Å²) in [6, 6.07) is 9.54. The molecule has 0 aliphatic rings. The van der Waals surface area contributed by atoms with Crippen molar-refractivity contribution in [2.45, 2.75) is 18.9 Å². The molecule has 3 heteroatoms. The molecule has 0 spiro atoms. The van der Waals surface area contributed by atoms with Crippen LogP contribution in [0.3, 0.4) is 0 Å². The summed E-state index contributed by atoms with van der Waals surface area (Å²) in [5.74, 6) is 0. The molecule has 1 rings (SSSR count). The van der Waals surface area contributed by atoms with Gasteiger partial charge in [0.15, 0.2) is 0 Å². The first-order chi connectivity index (χ1) is 6.77. The molecule has 0 saturated heterocycles. The molecule has 1 atom stereocenters. The molecule has 15 heavy (non-hydrogen) atoms. The van der Waals surface area contributed by atoms with Crippen molar-refractivity contribution >= 4 is 12.4 Å². The molecule has 1 aromatic carbocycles. The smallest absolute Gasteiger partial charge is 0.0991 e. The summed E-state index contributed by atoms with van der Waals surface area (Å²) in [6.45, 7) is 3.65. The Balaban J connectivity index is 0.00000196. The first kappa shape index (κ1) is 13.7. The predicted molar refractivity (Wildman–Crippen MR) is 64.8 cm³/mol. The monoisotopic (exact) mass is 222 g/mol. The maximum atomic E-state index is 8.71. The highest BCUT2D eigenvalue weighted by molar-refractivity contribution is 5.85. The third-order valence-corrected chi connectivity index (χ3v) is 2.13. The zero-order valence-electron chi connectivity index (χ0n) is 8.52. The van der Waals surface area contributed by atoms with Crippen LogP contribution in [0.5, 0.6) is 0 Å². The van der Waals surface area contributed by atoms with E-state index in [1.807, 2.05) is 24.3 Å². The van der Waals surface area contributed by atoms with E-state index in [9.17, 15) is 0 Å². The molecule has 0 unspecified atom stereocenters. The number of hydrogen-bond acceptors (Lipinski definition) is 2. The summed E-state index contributed by atoms with van der Waals surface area (Å²) in [7, 11) is 0. The lowest BCUT2D eigenvalue weighted by molar-refractivity contribution is 0.661. The Morgan fingerprint density at radius 3 is 2.87 bits per heavy atom. The molecular weight excluding hydrogens is 208 g/mol.